The van der Waals surface area contributed by atoms with Gasteiger partial charge in [0.2, 0.25) is 0 Å². The Morgan fingerprint density at radius 2 is 1.36 bits per heavy atom. The Bertz CT molecular complexity index is 116. The van der Waals surface area contributed by atoms with Gasteiger partial charge in [0.25, 0.3) is 0 Å². The zero-order valence-electron chi connectivity index (χ0n) is 6.74. The summed E-state index contributed by atoms with van der Waals surface area (Å²) in [5.41, 5.74) is 0. The van der Waals surface area contributed by atoms with Gasteiger partial charge in [-0.2, -0.15) is 13.2 Å². The molecule has 0 radical (unpaired) electrons. The van der Waals surface area contributed by atoms with E-state index >= 15 is 0 Å². The van der Waals surface area contributed by atoms with Gasteiger partial charge in [0.05, 0.1) is 5.92 Å². The molecule has 0 fully saturated rings. The average molecular weight is 172 g/mol. The van der Waals surface area contributed by atoms with E-state index in [1.807, 2.05) is 0 Å². The molecule has 0 saturated carbocycles. The molecule has 0 bridgehead atoms. The first-order chi connectivity index (χ1) is 4.76. The van der Waals surface area contributed by atoms with Gasteiger partial charge in [-0.25, -0.2) is 4.39 Å². The Balaban J connectivity index is 4.13. The number of hydrogen-bond donors (Lipinski definition) is 0. The summed E-state index contributed by atoms with van der Waals surface area (Å²) in [6, 6.07) is 0. The molecule has 0 aliphatic carbocycles. The fraction of sp³-hybridized carbons (Fsp3) is 1.00. The summed E-state index contributed by atoms with van der Waals surface area (Å²) in [5, 5.41) is 0. The normalized spacial score (nSPS) is 18.5. The quantitative estimate of drug-likeness (QED) is 0.561. The molecule has 0 nitrogen and oxygen atoms in total. The second kappa shape index (κ2) is 3.41. The van der Waals surface area contributed by atoms with Crippen LogP contribution >= 0.6 is 0 Å². The molecule has 0 unspecified atom stereocenters. The van der Waals surface area contributed by atoms with E-state index in [0.29, 0.717) is 0 Å². The van der Waals surface area contributed by atoms with E-state index in [1.165, 1.54) is 13.8 Å². The molecule has 0 heterocycles. The number of rotatable bonds is 2. The van der Waals surface area contributed by atoms with Crippen molar-refractivity contribution >= 4 is 0 Å². The third-order valence-electron chi connectivity index (χ3n) is 1.63. The lowest BCUT2D eigenvalue weighted by atomic mass is 9.96. The molecule has 0 aromatic carbocycles. The molecular weight excluding hydrogens is 160 g/mol. The molecule has 0 rings (SSSR count). The highest BCUT2D eigenvalue weighted by Crippen LogP contribution is 2.32. The fourth-order valence-electron chi connectivity index (χ4n) is 0.758. The van der Waals surface area contributed by atoms with Gasteiger partial charge in [-0.3, -0.25) is 0 Å². The number of halogens is 4. The van der Waals surface area contributed by atoms with Crippen LogP contribution in [0.1, 0.15) is 20.8 Å². The van der Waals surface area contributed by atoms with Crippen molar-refractivity contribution in [3.05, 3.63) is 0 Å². The summed E-state index contributed by atoms with van der Waals surface area (Å²) < 4.78 is 48.2. The molecule has 4 heteroatoms. The van der Waals surface area contributed by atoms with Crippen LogP contribution < -0.4 is 0 Å². The maximum Gasteiger partial charge on any atom is 0.394 e. The summed E-state index contributed by atoms with van der Waals surface area (Å²) in [7, 11) is 0. The maximum atomic E-state index is 12.7. The molecule has 0 aliphatic heterocycles. The largest absolute Gasteiger partial charge is 0.394 e. The fourth-order valence-corrected chi connectivity index (χ4v) is 0.758. The maximum absolute atomic E-state index is 12.7. The van der Waals surface area contributed by atoms with Crippen molar-refractivity contribution in [2.45, 2.75) is 33.1 Å². The Morgan fingerprint density at radius 1 is 1.00 bits per heavy atom. The first-order valence-corrected chi connectivity index (χ1v) is 3.47. The minimum Gasteiger partial charge on any atom is -0.247 e. The Labute approximate surface area is 63.6 Å². The van der Waals surface area contributed by atoms with E-state index in [1.54, 1.807) is 0 Å². The van der Waals surface area contributed by atoms with Gasteiger partial charge in [0.1, 0.15) is 6.17 Å². The molecule has 2 atom stereocenters. The lowest BCUT2D eigenvalue weighted by molar-refractivity contribution is -0.189. The number of alkyl halides is 4. The summed E-state index contributed by atoms with van der Waals surface area (Å²) in [6.07, 6.45) is -6.21. The molecule has 0 N–H and O–H groups in total. The smallest absolute Gasteiger partial charge is 0.247 e. The molecule has 0 saturated heterocycles. The first-order valence-electron chi connectivity index (χ1n) is 3.47. The van der Waals surface area contributed by atoms with E-state index in [4.69, 9.17) is 0 Å². The third-order valence-corrected chi connectivity index (χ3v) is 1.63. The van der Waals surface area contributed by atoms with Crippen LogP contribution in [0.4, 0.5) is 17.6 Å². The summed E-state index contributed by atoms with van der Waals surface area (Å²) >= 11 is 0. The van der Waals surface area contributed by atoms with Crippen LogP contribution in [0.2, 0.25) is 0 Å². The van der Waals surface area contributed by atoms with E-state index in [2.05, 4.69) is 0 Å². The summed E-state index contributed by atoms with van der Waals surface area (Å²) in [4.78, 5) is 0. The van der Waals surface area contributed by atoms with E-state index in [0.717, 1.165) is 6.92 Å². The minimum atomic E-state index is -4.41. The predicted octanol–water partition coefficient (Wildman–Crippen LogP) is 3.18. The van der Waals surface area contributed by atoms with Crippen LogP contribution in [-0.4, -0.2) is 12.3 Å². The zero-order valence-corrected chi connectivity index (χ0v) is 6.74. The van der Waals surface area contributed by atoms with Crippen LogP contribution in [0, 0.1) is 11.8 Å². The molecular formula is C7H12F4. The van der Waals surface area contributed by atoms with Crippen molar-refractivity contribution in [3.8, 4) is 0 Å². The summed E-state index contributed by atoms with van der Waals surface area (Å²) in [5.74, 6) is -2.44. The highest BCUT2D eigenvalue weighted by atomic mass is 19.4. The Kier molecular flexibility index (Phi) is 3.32. The van der Waals surface area contributed by atoms with Gasteiger partial charge >= 0.3 is 6.18 Å². The third kappa shape index (κ3) is 3.08. The van der Waals surface area contributed by atoms with Crippen molar-refractivity contribution in [3.63, 3.8) is 0 Å². The van der Waals surface area contributed by atoms with E-state index in [9.17, 15) is 17.6 Å². The van der Waals surface area contributed by atoms with Gasteiger partial charge < -0.3 is 0 Å². The topological polar surface area (TPSA) is 0 Å². The second-order valence-corrected chi connectivity index (χ2v) is 3.02. The van der Waals surface area contributed by atoms with Crippen molar-refractivity contribution < 1.29 is 17.6 Å². The molecule has 11 heavy (non-hydrogen) atoms. The molecule has 0 aromatic rings. The second-order valence-electron chi connectivity index (χ2n) is 3.02. The lowest BCUT2D eigenvalue weighted by Crippen LogP contribution is -2.32. The molecule has 68 valence electrons. The van der Waals surface area contributed by atoms with E-state index < -0.39 is 24.2 Å². The van der Waals surface area contributed by atoms with Crippen molar-refractivity contribution in [2.24, 2.45) is 11.8 Å². The Hall–Kier alpha value is -0.280. The first kappa shape index (κ1) is 10.7. The lowest BCUT2D eigenvalue weighted by Gasteiger charge is -2.22. The summed E-state index contributed by atoms with van der Waals surface area (Å²) in [6.45, 7) is 3.74. The van der Waals surface area contributed by atoms with Gasteiger partial charge in [0, 0.05) is 0 Å². The highest BCUT2D eigenvalue weighted by molar-refractivity contribution is 4.73. The molecule has 0 aromatic heterocycles. The zero-order chi connectivity index (χ0) is 9.23. The average Bonchev–Trinajstić information content (AvgIpc) is 1.82. The Morgan fingerprint density at radius 3 is 1.45 bits per heavy atom. The van der Waals surface area contributed by atoms with Crippen molar-refractivity contribution in [1.82, 2.24) is 0 Å². The SMILES string of the molecule is CC(C)[C@H](F)[C@@H](C)C(F)(F)F. The van der Waals surface area contributed by atoms with Crippen LogP contribution in [0.15, 0.2) is 0 Å². The van der Waals surface area contributed by atoms with Crippen molar-refractivity contribution in [2.75, 3.05) is 0 Å². The number of hydrogen-bond acceptors (Lipinski definition) is 0. The van der Waals surface area contributed by atoms with Crippen LogP contribution in [0.3, 0.4) is 0 Å². The molecule has 0 spiro atoms. The minimum absolute atomic E-state index is 0.577. The highest BCUT2D eigenvalue weighted by Gasteiger charge is 2.42. The van der Waals surface area contributed by atoms with Crippen molar-refractivity contribution in [1.29, 1.82) is 0 Å². The van der Waals surface area contributed by atoms with Gasteiger partial charge in [0.15, 0.2) is 0 Å². The standard InChI is InChI=1S/C7H12F4/c1-4(2)6(8)5(3)7(9,10)11/h4-6H,1-3H3/t5-,6+/m1/s1. The van der Waals surface area contributed by atoms with Gasteiger partial charge in [-0.15, -0.1) is 0 Å². The predicted molar refractivity (Wildman–Crippen MR) is 35.0 cm³/mol. The van der Waals surface area contributed by atoms with Crippen LogP contribution in [0.5, 0.6) is 0 Å². The van der Waals surface area contributed by atoms with Gasteiger partial charge in [-0.05, 0) is 5.92 Å². The molecule has 0 amide bonds. The van der Waals surface area contributed by atoms with E-state index in [-0.39, 0.29) is 0 Å². The van der Waals surface area contributed by atoms with Crippen LogP contribution in [0.25, 0.3) is 0 Å². The van der Waals surface area contributed by atoms with Crippen LogP contribution in [-0.2, 0) is 0 Å². The monoisotopic (exact) mass is 172 g/mol. The molecule has 0 aliphatic rings. The van der Waals surface area contributed by atoms with Gasteiger partial charge in [-0.1, -0.05) is 20.8 Å².